The normalized spacial score (nSPS) is 17.6. The topological polar surface area (TPSA) is 49.4 Å². The molecule has 0 aliphatic carbocycles. The van der Waals surface area contributed by atoms with Crippen LogP contribution in [0, 0.1) is 12.8 Å². The minimum atomic E-state index is -0.313. The number of aryl methyl sites for hydroxylation is 1. The number of para-hydroxylation sites is 2. The van der Waals surface area contributed by atoms with Gasteiger partial charge in [-0.3, -0.25) is 9.59 Å². The van der Waals surface area contributed by atoms with Crippen molar-refractivity contribution in [1.29, 1.82) is 0 Å². The molecule has 1 atom stereocenters. The third-order valence-corrected chi connectivity index (χ3v) is 3.97. The molecule has 22 heavy (non-hydrogen) atoms. The van der Waals surface area contributed by atoms with Gasteiger partial charge in [-0.15, -0.1) is 0 Å². The highest BCUT2D eigenvalue weighted by Gasteiger charge is 2.35. The molecular weight excluding hydrogens is 276 g/mol. The number of carbonyl (C=O) groups is 2. The first-order valence-electron chi connectivity index (χ1n) is 7.37. The molecule has 1 N–H and O–H groups in total. The van der Waals surface area contributed by atoms with Crippen molar-refractivity contribution in [2.75, 3.05) is 16.8 Å². The summed E-state index contributed by atoms with van der Waals surface area (Å²) in [6.45, 7) is 2.38. The summed E-state index contributed by atoms with van der Waals surface area (Å²) in [5.74, 6) is -0.412. The van der Waals surface area contributed by atoms with Crippen molar-refractivity contribution >= 4 is 23.2 Å². The van der Waals surface area contributed by atoms with Gasteiger partial charge in [-0.25, -0.2) is 0 Å². The van der Waals surface area contributed by atoms with E-state index in [2.05, 4.69) is 5.32 Å². The lowest BCUT2D eigenvalue weighted by atomic mass is 10.1. The van der Waals surface area contributed by atoms with Crippen LogP contribution in [0.4, 0.5) is 11.4 Å². The summed E-state index contributed by atoms with van der Waals surface area (Å²) in [4.78, 5) is 26.2. The molecule has 1 fully saturated rings. The maximum Gasteiger partial charge on any atom is 0.229 e. The summed E-state index contributed by atoms with van der Waals surface area (Å²) in [7, 11) is 0. The molecule has 112 valence electrons. The first kappa shape index (κ1) is 14.3. The summed E-state index contributed by atoms with van der Waals surface area (Å²) in [5, 5.41) is 2.93. The molecule has 0 saturated carbocycles. The Morgan fingerprint density at radius 2 is 1.77 bits per heavy atom. The molecule has 0 aromatic heterocycles. The van der Waals surface area contributed by atoms with E-state index >= 15 is 0 Å². The van der Waals surface area contributed by atoms with Crippen LogP contribution in [-0.2, 0) is 9.59 Å². The number of anilines is 2. The highest BCUT2D eigenvalue weighted by molar-refractivity contribution is 6.03. The lowest BCUT2D eigenvalue weighted by Crippen LogP contribution is -2.28. The van der Waals surface area contributed by atoms with Crippen LogP contribution in [0.3, 0.4) is 0 Å². The maximum absolute atomic E-state index is 12.4. The fourth-order valence-corrected chi connectivity index (χ4v) is 2.69. The van der Waals surface area contributed by atoms with E-state index in [9.17, 15) is 9.59 Å². The average Bonchev–Trinajstić information content (AvgIpc) is 2.92. The van der Waals surface area contributed by atoms with E-state index in [0.29, 0.717) is 6.54 Å². The molecule has 2 amide bonds. The predicted molar refractivity (Wildman–Crippen MR) is 86.7 cm³/mol. The maximum atomic E-state index is 12.4. The highest BCUT2D eigenvalue weighted by Crippen LogP contribution is 2.26. The van der Waals surface area contributed by atoms with Crippen LogP contribution in [0.15, 0.2) is 54.6 Å². The Hall–Kier alpha value is -2.62. The van der Waals surface area contributed by atoms with Gasteiger partial charge in [0.25, 0.3) is 0 Å². The molecule has 1 aliphatic rings. The van der Waals surface area contributed by atoms with E-state index in [1.54, 1.807) is 4.90 Å². The summed E-state index contributed by atoms with van der Waals surface area (Å²) in [6, 6.07) is 17.1. The van der Waals surface area contributed by atoms with E-state index < -0.39 is 0 Å². The number of nitrogens with one attached hydrogen (secondary N) is 1. The molecule has 0 bridgehead atoms. The first-order valence-corrected chi connectivity index (χ1v) is 7.37. The second-order valence-corrected chi connectivity index (χ2v) is 5.55. The molecule has 2 aromatic carbocycles. The van der Waals surface area contributed by atoms with Crippen LogP contribution >= 0.6 is 0 Å². The quantitative estimate of drug-likeness (QED) is 0.946. The molecule has 1 unspecified atom stereocenters. The van der Waals surface area contributed by atoms with Gasteiger partial charge in [0, 0.05) is 24.3 Å². The van der Waals surface area contributed by atoms with Crippen LogP contribution in [0.1, 0.15) is 12.0 Å². The molecule has 3 rings (SSSR count). The minimum Gasteiger partial charge on any atom is -0.326 e. The minimum absolute atomic E-state index is 0.00358. The Morgan fingerprint density at radius 1 is 1.09 bits per heavy atom. The van der Waals surface area contributed by atoms with Crippen LogP contribution < -0.4 is 10.2 Å². The van der Waals surface area contributed by atoms with Gasteiger partial charge in [-0.1, -0.05) is 36.4 Å². The molecule has 0 radical (unpaired) electrons. The third-order valence-electron chi connectivity index (χ3n) is 3.97. The van der Waals surface area contributed by atoms with Gasteiger partial charge in [0.15, 0.2) is 0 Å². The predicted octanol–water partition coefficient (Wildman–Crippen LogP) is 2.99. The summed E-state index contributed by atoms with van der Waals surface area (Å²) < 4.78 is 0. The van der Waals surface area contributed by atoms with Gasteiger partial charge in [-0.2, -0.15) is 0 Å². The van der Waals surface area contributed by atoms with E-state index in [4.69, 9.17) is 0 Å². The molecule has 1 saturated heterocycles. The van der Waals surface area contributed by atoms with Crippen molar-refractivity contribution in [3.8, 4) is 0 Å². The Bertz CT molecular complexity index is 697. The molecule has 1 heterocycles. The zero-order valence-electron chi connectivity index (χ0n) is 12.5. The van der Waals surface area contributed by atoms with E-state index in [1.165, 1.54) is 0 Å². The highest BCUT2D eigenvalue weighted by atomic mass is 16.2. The van der Waals surface area contributed by atoms with Crippen molar-refractivity contribution < 1.29 is 9.59 Å². The summed E-state index contributed by atoms with van der Waals surface area (Å²) in [5.41, 5.74) is 2.66. The molecule has 2 aromatic rings. The second kappa shape index (κ2) is 6.02. The van der Waals surface area contributed by atoms with Crippen LogP contribution in [0.5, 0.6) is 0 Å². The number of carbonyl (C=O) groups excluding carboxylic acids is 2. The smallest absolute Gasteiger partial charge is 0.229 e. The molecule has 4 nitrogen and oxygen atoms in total. The Morgan fingerprint density at radius 3 is 2.50 bits per heavy atom. The van der Waals surface area contributed by atoms with Crippen molar-refractivity contribution in [3.63, 3.8) is 0 Å². The number of hydrogen-bond donors (Lipinski definition) is 1. The van der Waals surface area contributed by atoms with Crippen molar-refractivity contribution in [3.05, 3.63) is 60.2 Å². The van der Waals surface area contributed by atoms with E-state index in [1.807, 2.05) is 61.5 Å². The molecule has 4 heteroatoms. The van der Waals surface area contributed by atoms with Crippen LogP contribution in [0.25, 0.3) is 0 Å². The van der Waals surface area contributed by atoms with Gasteiger partial charge in [0.05, 0.1) is 5.92 Å². The van der Waals surface area contributed by atoms with Gasteiger partial charge in [0.2, 0.25) is 11.8 Å². The molecule has 0 spiro atoms. The van der Waals surface area contributed by atoms with Crippen molar-refractivity contribution in [2.45, 2.75) is 13.3 Å². The Balaban J connectivity index is 1.71. The third kappa shape index (κ3) is 2.86. The Kier molecular flexibility index (Phi) is 3.92. The van der Waals surface area contributed by atoms with Crippen molar-refractivity contribution in [1.82, 2.24) is 0 Å². The lowest BCUT2D eigenvalue weighted by Gasteiger charge is -2.16. The summed E-state index contributed by atoms with van der Waals surface area (Å²) >= 11 is 0. The lowest BCUT2D eigenvalue weighted by molar-refractivity contribution is -0.122. The van der Waals surface area contributed by atoms with Crippen LogP contribution in [-0.4, -0.2) is 18.4 Å². The standard InChI is InChI=1S/C18H18N2O2/c1-13-7-5-6-10-16(13)19-18(22)14-11-17(21)20(12-14)15-8-3-2-4-9-15/h2-10,14H,11-12H2,1H3,(H,19,22). The Labute approximate surface area is 129 Å². The van der Waals surface area contributed by atoms with Gasteiger partial charge in [-0.05, 0) is 30.7 Å². The largest absolute Gasteiger partial charge is 0.326 e. The fourth-order valence-electron chi connectivity index (χ4n) is 2.69. The van der Waals surface area contributed by atoms with E-state index in [0.717, 1.165) is 16.9 Å². The first-order chi connectivity index (χ1) is 10.6. The van der Waals surface area contributed by atoms with Gasteiger partial charge >= 0.3 is 0 Å². The van der Waals surface area contributed by atoms with E-state index in [-0.39, 0.29) is 24.2 Å². The molecule has 1 aliphatic heterocycles. The summed E-state index contributed by atoms with van der Waals surface area (Å²) in [6.07, 6.45) is 0.257. The average molecular weight is 294 g/mol. The number of rotatable bonds is 3. The van der Waals surface area contributed by atoms with Gasteiger partial charge < -0.3 is 10.2 Å². The number of amides is 2. The second-order valence-electron chi connectivity index (χ2n) is 5.55. The zero-order chi connectivity index (χ0) is 15.5. The number of hydrogen-bond acceptors (Lipinski definition) is 2. The zero-order valence-corrected chi connectivity index (χ0v) is 12.5. The number of nitrogens with zero attached hydrogens (tertiary/aromatic N) is 1. The monoisotopic (exact) mass is 294 g/mol. The van der Waals surface area contributed by atoms with Gasteiger partial charge in [0.1, 0.15) is 0 Å². The fraction of sp³-hybridized carbons (Fsp3) is 0.222. The van der Waals surface area contributed by atoms with Crippen LogP contribution in [0.2, 0.25) is 0 Å². The SMILES string of the molecule is Cc1ccccc1NC(=O)C1CC(=O)N(c2ccccc2)C1. The van der Waals surface area contributed by atoms with Crippen molar-refractivity contribution in [2.24, 2.45) is 5.92 Å². The number of benzene rings is 2. The molecular formula is C18H18N2O2.